The fraction of sp³-hybridized carbons (Fsp3) is 0.300. The molecule has 0 radical (unpaired) electrons. The van der Waals surface area contributed by atoms with E-state index in [1.54, 1.807) is 11.5 Å². The number of hydrogen-bond acceptors (Lipinski definition) is 3. The molecule has 5 heteroatoms. The van der Waals surface area contributed by atoms with Crippen LogP contribution >= 0.6 is 11.6 Å². The minimum Gasteiger partial charge on any atom is -0.462 e. The molecule has 0 aliphatic heterocycles. The Kier molecular flexibility index (Phi) is 5.09. The number of nitrogens with zero attached hydrogens (tertiary/aromatic N) is 1. The van der Waals surface area contributed by atoms with Crippen molar-refractivity contribution in [2.75, 3.05) is 6.61 Å². The van der Waals surface area contributed by atoms with Crippen LogP contribution in [-0.4, -0.2) is 17.1 Å². The number of halogens is 1. The van der Waals surface area contributed by atoms with Crippen LogP contribution in [0.5, 0.6) is 0 Å². The van der Waals surface area contributed by atoms with Gasteiger partial charge in [0, 0.05) is 17.8 Å². The smallest absolute Gasteiger partial charge is 0.345 e. The van der Waals surface area contributed by atoms with Gasteiger partial charge in [-0.05, 0) is 18.9 Å². The molecule has 0 saturated carbocycles. The SMILES string of the molecule is CCOC(=O)c1c(Cl)c2ccccc2n(CC2C=CC=CC2C)c1=O. The Morgan fingerprint density at radius 3 is 2.68 bits per heavy atom. The lowest BCUT2D eigenvalue weighted by molar-refractivity contribution is 0.0524. The molecular formula is C20H20ClNO3. The van der Waals surface area contributed by atoms with Gasteiger partial charge in [0.15, 0.2) is 0 Å². The molecule has 1 aliphatic rings. The number of rotatable bonds is 4. The first-order valence-electron chi connectivity index (χ1n) is 8.37. The highest BCUT2D eigenvalue weighted by Gasteiger charge is 2.24. The molecule has 1 aliphatic carbocycles. The molecular weight excluding hydrogens is 338 g/mol. The van der Waals surface area contributed by atoms with Gasteiger partial charge in [0.05, 0.1) is 17.1 Å². The predicted molar refractivity (Wildman–Crippen MR) is 100 cm³/mol. The van der Waals surface area contributed by atoms with Crippen LogP contribution in [0.2, 0.25) is 5.02 Å². The van der Waals surface area contributed by atoms with Gasteiger partial charge < -0.3 is 9.30 Å². The largest absolute Gasteiger partial charge is 0.462 e. The number of carbonyl (C=O) groups excluding carboxylic acids is 1. The van der Waals surface area contributed by atoms with Crippen LogP contribution in [-0.2, 0) is 11.3 Å². The first-order valence-corrected chi connectivity index (χ1v) is 8.75. The maximum absolute atomic E-state index is 13.0. The maximum atomic E-state index is 13.0. The highest BCUT2D eigenvalue weighted by molar-refractivity contribution is 6.38. The summed E-state index contributed by atoms with van der Waals surface area (Å²) in [7, 11) is 0. The van der Waals surface area contributed by atoms with Crippen molar-refractivity contribution in [1.29, 1.82) is 0 Å². The van der Waals surface area contributed by atoms with Gasteiger partial charge in [-0.15, -0.1) is 0 Å². The molecule has 2 atom stereocenters. The summed E-state index contributed by atoms with van der Waals surface area (Å²) in [6, 6.07) is 7.36. The molecule has 0 bridgehead atoms. The number of fused-ring (bicyclic) bond motifs is 1. The van der Waals surface area contributed by atoms with E-state index in [1.165, 1.54) is 0 Å². The van der Waals surface area contributed by atoms with E-state index in [1.807, 2.05) is 36.4 Å². The zero-order valence-electron chi connectivity index (χ0n) is 14.2. The zero-order chi connectivity index (χ0) is 18.0. The summed E-state index contributed by atoms with van der Waals surface area (Å²) >= 11 is 6.38. The fourth-order valence-electron chi connectivity index (χ4n) is 3.13. The van der Waals surface area contributed by atoms with Gasteiger partial charge >= 0.3 is 5.97 Å². The van der Waals surface area contributed by atoms with Gasteiger partial charge in [-0.3, -0.25) is 4.79 Å². The van der Waals surface area contributed by atoms with Crippen molar-refractivity contribution in [3.63, 3.8) is 0 Å². The Labute approximate surface area is 151 Å². The number of aromatic nitrogens is 1. The molecule has 130 valence electrons. The van der Waals surface area contributed by atoms with Crippen molar-refractivity contribution < 1.29 is 9.53 Å². The molecule has 2 aromatic rings. The second-order valence-corrected chi connectivity index (χ2v) is 6.51. The molecule has 4 nitrogen and oxygen atoms in total. The highest BCUT2D eigenvalue weighted by Crippen LogP contribution is 2.28. The second kappa shape index (κ2) is 7.28. The second-order valence-electron chi connectivity index (χ2n) is 6.14. The Balaban J connectivity index is 2.19. The quantitative estimate of drug-likeness (QED) is 0.770. The van der Waals surface area contributed by atoms with Crippen molar-refractivity contribution >= 4 is 28.5 Å². The van der Waals surface area contributed by atoms with Gasteiger partial charge in [-0.1, -0.05) is 61.0 Å². The lowest BCUT2D eigenvalue weighted by Crippen LogP contribution is -2.31. The van der Waals surface area contributed by atoms with Crippen LogP contribution in [0.4, 0.5) is 0 Å². The summed E-state index contributed by atoms with van der Waals surface area (Å²) in [6.45, 7) is 4.48. The zero-order valence-corrected chi connectivity index (χ0v) is 15.0. The number of pyridine rings is 1. The number of ether oxygens (including phenoxy) is 1. The van der Waals surface area contributed by atoms with E-state index < -0.39 is 11.5 Å². The summed E-state index contributed by atoms with van der Waals surface area (Å²) < 4.78 is 6.68. The third-order valence-electron chi connectivity index (χ3n) is 4.54. The van der Waals surface area contributed by atoms with Crippen molar-refractivity contribution in [2.24, 2.45) is 11.8 Å². The van der Waals surface area contributed by atoms with Crippen molar-refractivity contribution in [3.8, 4) is 0 Å². The van der Waals surface area contributed by atoms with Crippen LogP contribution in [0.15, 0.2) is 53.4 Å². The molecule has 0 fully saturated rings. The van der Waals surface area contributed by atoms with E-state index in [0.29, 0.717) is 17.8 Å². The molecule has 0 amide bonds. The molecule has 0 saturated heterocycles. The third-order valence-corrected chi connectivity index (χ3v) is 4.93. The van der Waals surface area contributed by atoms with Crippen LogP contribution < -0.4 is 5.56 Å². The predicted octanol–water partition coefficient (Wildman–Crippen LogP) is 4.21. The average molecular weight is 358 g/mol. The molecule has 0 spiro atoms. The number of carbonyl (C=O) groups is 1. The van der Waals surface area contributed by atoms with Gasteiger partial charge in [0.25, 0.3) is 5.56 Å². The van der Waals surface area contributed by atoms with E-state index in [4.69, 9.17) is 16.3 Å². The minimum absolute atomic E-state index is 0.0924. The molecule has 2 unspecified atom stereocenters. The minimum atomic E-state index is -0.677. The summed E-state index contributed by atoms with van der Waals surface area (Å²) in [4.78, 5) is 25.3. The summed E-state index contributed by atoms with van der Waals surface area (Å²) in [5.74, 6) is -0.205. The summed E-state index contributed by atoms with van der Waals surface area (Å²) in [6.07, 6.45) is 8.19. The molecule has 1 aromatic carbocycles. The molecule has 3 rings (SSSR count). The Hall–Kier alpha value is -2.33. The summed E-state index contributed by atoms with van der Waals surface area (Å²) in [5, 5.41) is 0.831. The average Bonchev–Trinajstić information content (AvgIpc) is 2.60. The molecule has 1 aromatic heterocycles. The van der Waals surface area contributed by atoms with Gasteiger partial charge in [-0.25, -0.2) is 4.79 Å². The van der Waals surface area contributed by atoms with Crippen LogP contribution in [0, 0.1) is 11.8 Å². The highest BCUT2D eigenvalue weighted by atomic mass is 35.5. The molecule has 1 heterocycles. The van der Waals surface area contributed by atoms with Gasteiger partial charge in [0.2, 0.25) is 0 Å². The van der Waals surface area contributed by atoms with Crippen LogP contribution in [0.25, 0.3) is 10.9 Å². The van der Waals surface area contributed by atoms with Gasteiger partial charge in [0.1, 0.15) is 5.56 Å². The standard InChI is InChI=1S/C20H20ClNO3/c1-3-25-20(24)17-18(21)15-10-6-7-11-16(15)22(19(17)23)12-14-9-5-4-8-13(14)2/h4-11,13-14H,3,12H2,1-2H3. The maximum Gasteiger partial charge on any atom is 0.345 e. The van der Waals surface area contributed by atoms with Crippen LogP contribution in [0.1, 0.15) is 24.2 Å². The Morgan fingerprint density at radius 2 is 1.96 bits per heavy atom. The lowest BCUT2D eigenvalue weighted by atomic mass is 9.90. The molecule has 25 heavy (non-hydrogen) atoms. The van der Waals surface area contributed by atoms with Crippen molar-refractivity contribution in [2.45, 2.75) is 20.4 Å². The number of esters is 1. The van der Waals surface area contributed by atoms with Crippen LogP contribution in [0.3, 0.4) is 0 Å². The monoisotopic (exact) mass is 357 g/mol. The topological polar surface area (TPSA) is 48.3 Å². The number of para-hydroxylation sites is 1. The van der Waals surface area contributed by atoms with E-state index in [0.717, 1.165) is 5.52 Å². The van der Waals surface area contributed by atoms with Gasteiger partial charge in [-0.2, -0.15) is 0 Å². The molecule has 0 N–H and O–H groups in total. The fourth-order valence-corrected chi connectivity index (χ4v) is 3.45. The lowest BCUT2D eigenvalue weighted by Gasteiger charge is -2.23. The summed E-state index contributed by atoms with van der Waals surface area (Å²) in [5.41, 5.74) is 0.225. The number of allylic oxidation sites excluding steroid dienone is 4. The van der Waals surface area contributed by atoms with Crippen molar-refractivity contribution in [1.82, 2.24) is 4.57 Å². The first kappa shape index (κ1) is 17.5. The number of hydrogen-bond donors (Lipinski definition) is 0. The van der Waals surface area contributed by atoms with E-state index in [2.05, 4.69) is 19.1 Å². The van der Waals surface area contributed by atoms with E-state index in [-0.39, 0.29) is 23.1 Å². The Bertz CT molecular complexity index is 926. The van der Waals surface area contributed by atoms with E-state index in [9.17, 15) is 9.59 Å². The third kappa shape index (κ3) is 3.27. The normalized spacial score (nSPS) is 19.3. The Morgan fingerprint density at radius 1 is 1.24 bits per heavy atom. The first-order chi connectivity index (χ1) is 12.0. The van der Waals surface area contributed by atoms with Crippen molar-refractivity contribution in [3.05, 3.63) is 69.5 Å². The van der Waals surface area contributed by atoms with E-state index >= 15 is 0 Å². The number of benzene rings is 1.